The SMILES string of the molecule is OCC(CNC1CCC1)c1ccccc1O. The van der Waals surface area contributed by atoms with Crippen LogP contribution in [0.4, 0.5) is 0 Å². The lowest BCUT2D eigenvalue weighted by Crippen LogP contribution is -2.38. The van der Waals surface area contributed by atoms with E-state index in [1.54, 1.807) is 12.1 Å². The van der Waals surface area contributed by atoms with Crippen molar-refractivity contribution in [3.63, 3.8) is 0 Å². The van der Waals surface area contributed by atoms with Crippen molar-refractivity contribution in [3.8, 4) is 5.75 Å². The number of rotatable bonds is 5. The third-order valence-electron chi connectivity index (χ3n) is 3.36. The van der Waals surface area contributed by atoms with Crippen molar-refractivity contribution >= 4 is 0 Å². The van der Waals surface area contributed by atoms with Crippen molar-refractivity contribution in [2.75, 3.05) is 13.2 Å². The maximum atomic E-state index is 9.71. The van der Waals surface area contributed by atoms with E-state index in [1.807, 2.05) is 12.1 Å². The van der Waals surface area contributed by atoms with Gasteiger partial charge in [-0.3, -0.25) is 0 Å². The molecule has 1 aromatic carbocycles. The molecule has 0 aromatic heterocycles. The van der Waals surface area contributed by atoms with Gasteiger partial charge in [-0.25, -0.2) is 0 Å². The molecule has 0 aliphatic heterocycles. The number of phenolic OH excluding ortho intramolecular Hbond substituents is 1. The summed E-state index contributed by atoms with van der Waals surface area (Å²) in [6, 6.07) is 7.84. The molecule has 16 heavy (non-hydrogen) atoms. The Morgan fingerprint density at radius 3 is 2.62 bits per heavy atom. The van der Waals surface area contributed by atoms with E-state index >= 15 is 0 Å². The highest BCUT2D eigenvalue weighted by Gasteiger charge is 2.20. The summed E-state index contributed by atoms with van der Waals surface area (Å²) in [5.74, 6) is 0.263. The second-order valence-electron chi connectivity index (χ2n) is 4.47. The van der Waals surface area contributed by atoms with Crippen LogP contribution in [0.2, 0.25) is 0 Å². The van der Waals surface area contributed by atoms with E-state index < -0.39 is 0 Å². The second kappa shape index (κ2) is 5.32. The van der Waals surface area contributed by atoms with Gasteiger partial charge in [0.1, 0.15) is 5.75 Å². The van der Waals surface area contributed by atoms with Gasteiger partial charge in [-0.05, 0) is 18.9 Å². The monoisotopic (exact) mass is 221 g/mol. The van der Waals surface area contributed by atoms with Gasteiger partial charge in [-0.15, -0.1) is 0 Å². The molecule has 1 fully saturated rings. The Labute approximate surface area is 96.1 Å². The minimum Gasteiger partial charge on any atom is -0.508 e. The Morgan fingerprint density at radius 2 is 2.06 bits per heavy atom. The molecule has 1 atom stereocenters. The highest BCUT2D eigenvalue weighted by molar-refractivity contribution is 5.35. The first-order valence-corrected chi connectivity index (χ1v) is 5.93. The summed E-state index contributed by atoms with van der Waals surface area (Å²) in [6.07, 6.45) is 3.77. The maximum absolute atomic E-state index is 9.71. The summed E-state index contributed by atoms with van der Waals surface area (Å²) in [5.41, 5.74) is 0.830. The van der Waals surface area contributed by atoms with Gasteiger partial charge < -0.3 is 15.5 Å². The molecular formula is C13H19NO2. The number of aliphatic hydroxyl groups is 1. The molecule has 88 valence electrons. The molecule has 3 N–H and O–H groups in total. The molecule has 0 spiro atoms. The lowest BCUT2D eigenvalue weighted by Gasteiger charge is -2.28. The highest BCUT2D eigenvalue weighted by atomic mass is 16.3. The number of phenols is 1. The molecule has 1 aromatic rings. The Kier molecular flexibility index (Phi) is 3.80. The van der Waals surface area contributed by atoms with Crippen LogP contribution in [0.1, 0.15) is 30.7 Å². The lowest BCUT2D eigenvalue weighted by molar-refractivity contribution is 0.245. The van der Waals surface area contributed by atoms with Crippen LogP contribution in [-0.4, -0.2) is 29.4 Å². The second-order valence-corrected chi connectivity index (χ2v) is 4.47. The van der Waals surface area contributed by atoms with Crippen molar-refractivity contribution < 1.29 is 10.2 Å². The summed E-state index contributed by atoms with van der Waals surface area (Å²) in [6.45, 7) is 0.802. The van der Waals surface area contributed by atoms with E-state index in [0.29, 0.717) is 6.04 Å². The maximum Gasteiger partial charge on any atom is 0.119 e. The number of benzene rings is 1. The number of aromatic hydroxyl groups is 1. The van der Waals surface area contributed by atoms with Crippen LogP contribution >= 0.6 is 0 Å². The molecule has 0 heterocycles. The zero-order valence-corrected chi connectivity index (χ0v) is 9.39. The molecule has 0 radical (unpaired) electrons. The minimum absolute atomic E-state index is 0.0122. The molecule has 3 heteroatoms. The average molecular weight is 221 g/mol. The molecule has 1 aliphatic carbocycles. The van der Waals surface area contributed by atoms with Gasteiger partial charge in [0, 0.05) is 24.1 Å². The molecule has 1 saturated carbocycles. The zero-order chi connectivity index (χ0) is 11.4. The normalized spacial score (nSPS) is 18.1. The minimum atomic E-state index is -0.0122. The first kappa shape index (κ1) is 11.4. The molecule has 0 saturated heterocycles. The van der Waals surface area contributed by atoms with Crippen LogP contribution in [-0.2, 0) is 0 Å². The van der Waals surface area contributed by atoms with Crippen molar-refractivity contribution in [1.82, 2.24) is 5.32 Å². The van der Waals surface area contributed by atoms with Crippen LogP contribution in [0.25, 0.3) is 0 Å². The Balaban J connectivity index is 1.95. The van der Waals surface area contributed by atoms with Crippen LogP contribution in [0, 0.1) is 0 Å². The van der Waals surface area contributed by atoms with E-state index in [-0.39, 0.29) is 18.3 Å². The van der Waals surface area contributed by atoms with Gasteiger partial charge in [0.2, 0.25) is 0 Å². The molecule has 1 unspecified atom stereocenters. The molecule has 1 aliphatic rings. The third-order valence-corrected chi connectivity index (χ3v) is 3.36. The molecule has 0 bridgehead atoms. The molecule has 3 nitrogen and oxygen atoms in total. The van der Waals surface area contributed by atoms with E-state index in [9.17, 15) is 10.2 Å². The standard InChI is InChI=1S/C13H19NO2/c15-9-10(8-14-11-4-3-5-11)12-6-1-2-7-13(12)16/h1-2,6-7,10-11,14-16H,3-5,8-9H2. The summed E-state index contributed by atoms with van der Waals surface area (Å²) in [7, 11) is 0. The van der Waals surface area contributed by atoms with Gasteiger partial charge in [0.15, 0.2) is 0 Å². The van der Waals surface area contributed by atoms with Crippen molar-refractivity contribution in [2.24, 2.45) is 0 Å². The van der Waals surface area contributed by atoms with Gasteiger partial charge in [-0.1, -0.05) is 24.6 Å². The fraction of sp³-hybridized carbons (Fsp3) is 0.538. The molecule has 0 amide bonds. The summed E-state index contributed by atoms with van der Waals surface area (Å²) >= 11 is 0. The number of hydrogen-bond donors (Lipinski definition) is 3. The quantitative estimate of drug-likeness (QED) is 0.708. The number of aliphatic hydroxyl groups excluding tert-OH is 1. The average Bonchev–Trinajstić information content (AvgIpc) is 2.23. The van der Waals surface area contributed by atoms with Crippen LogP contribution in [0.5, 0.6) is 5.75 Å². The summed E-state index contributed by atoms with van der Waals surface area (Å²) in [4.78, 5) is 0. The van der Waals surface area contributed by atoms with Gasteiger partial charge >= 0.3 is 0 Å². The van der Waals surface area contributed by atoms with Crippen LogP contribution < -0.4 is 5.32 Å². The first-order valence-electron chi connectivity index (χ1n) is 5.93. The van der Waals surface area contributed by atoms with Crippen molar-refractivity contribution in [1.29, 1.82) is 0 Å². The smallest absolute Gasteiger partial charge is 0.119 e. The fourth-order valence-electron chi connectivity index (χ4n) is 2.03. The fourth-order valence-corrected chi connectivity index (χ4v) is 2.03. The number of para-hydroxylation sites is 1. The first-order chi connectivity index (χ1) is 7.81. The zero-order valence-electron chi connectivity index (χ0n) is 9.39. The van der Waals surface area contributed by atoms with Gasteiger partial charge in [0.25, 0.3) is 0 Å². The largest absolute Gasteiger partial charge is 0.508 e. The van der Waals surface area contributed by atoms with E-state index in [0.717, 1.165) is 12.1 Å². The number of nitrogens with one attached hydrogen (secondary N) is 1. The topological polar surface area (TPSA) is 52.5 Å². The summed E-state index contributed by atoms with van der Waals surface area (Å²) < 4.78 is 0. The highest BCUT2D eigenvalue weighted by Crippen LogP contribution is 2.25. The Bertz CT molecular complexity index is 336. The van der Waals surface area contributed by atoms with E-state index in [4.69, 9.17) is 0 Å². The number of hydrogen-bond acceptors (Lipinski definition) is 3. The van der Waals surface area contributed by atoms with E-state index in [2.05, 4.69) is 5.32 Å². The third kappa shape index (κ3) is 2.54. The van der Waals surface area contributed by atoms with Crippen LogP contribution in [0.15, 0.2) is 24.3 Å². The Hall–Kier alpha value is -1.06. The van der Waals surface area contributed by atoms with Crippen LogP contribution in [0.3, 0.4) is 0 Å². The predicted octanol–water partition coefficient (Wildman–Crippen LogP) is 1.61. The van der Waals surface area contributed by atoms with Crippen molar-refractivity contribution in [3.05, 3.63) is 29.8 Å². The van der Waals surface area contributed by atoms with Gasteiger partial charge in [0.05, 0.1) is 6.61 Å². The molecular weight excluding hydrogens is 202 g/mol. The summed E-state index contributed by atoms with van der Waals surface area (Å²) in [5, 5.41) is 22.5. The van der Waals surface area contributed by atoms with Gasteiger partial charge in [-0.2, -0.15) is 0 Å². The van der Waals surface area contributed by atoms with E-state index in [1.165, 1.54) is 19.3 Å². The van der Waals surface area contributed by atoms with Crippen molar-refractivity contribution in [2.45, 2.75) is 31.2 Å². The molecule has 2 rings (SSSR count). The Morgan fingerprint density at radius 1 is 1.31 bits per heavy atom. The predicted molar refractivity (Wildman–Crippen MR) is 63.6 cm³/mol. The lowest BCUT2D eigenvalue weighted by atomic mass is 9.91.